The highest BCUT2D eigenvalue weighted by Gasteiger charge is 2.27. The second-order valence-electron chi connectivity index (χ2n) is 12.1. The first-order chi connectivity index (χ1) is 10.9. The van der Waals surface area contributed by atoms with Crippen LogP contribution in [0.3, 0.4) is 0 Å². The molecule has 0 saturated carbocycles. The fraction of sp³-hybridized carbons (Fsp3) is 0.750. The molecule has 144 valence electrons. The molecule has 1 rings (SSSR count). The molecule has 0 aliphatic carbocycles. The van der Waals surface area contributed by atoms with Gasteiger partial charge in [-0.25, -0.2) is 0 Å². The fourth-order valence-corrected chi connectivity index (χ4v) is 3.03. The lowest BCUT2D eigenvalue weighted by Crippen LogP contribution is -2.26. The van der Waals surface area contributed by atoms with Gasteiger partial charge in [-0.3, -0.25) is 0 Å². The van der Waals surface area contributed by atoms with E-state index in [1.807, 2.05) is 0 Å². The Morgan fingerprint density at radius 1 is 0.640 bits per heavy atom. The van der Waals surface area contributed by atoms with Crippen molar-refractivity contribution in [2.75, 3.05) is 0 Å². The van der Waals surface area contributed by atoms with Gasteiger partial charge in [0.15, 0.2) is 0 Å². The highest BCUT2D eigenvalue weighted by Crippen LogP contribution is 2.39. The number of hydrogen-bond acceptors (Lipinski definition) is 1. The molecule has 0 saturated heterocycles. The SMILES string of the molecule is CC(C)(C)Cc1cc(C(C)(C)C)cc(CC(C)(C)C)c1OC(C)(C)C. The summed E-state index contributed by atoms with van der Waals surface area (Å²) in [5, 5.41) is 0. The predicted octanol–water partition coefficient (Wildman–Crippen LogP) is 7.34. The number of hydrogen-bond donors (Lipinski definition) is 0. The van der Waals surface area contributed by atoms with Crippen LogP contribution in [0.15, 0.2) is 12.1 Å². The van der Waals surface area contributed by atoms with Gasteiger partial charge in [0.05, 0.1) is 0 Å². The average Bonchev–Trinajstić information content (AvgIpc) is 2.26. The van der Waals surface area contributed by atoms with Gasteiger partial charge in [-0.05, 0) is 66.5 Å². The molecular formula is C24H42O. The Morgan fingerprint density at radius 3 is 1.24 bits per heavy atom. The normalized spacial score (nSPS) is 13.9. The minimum absolute atomic E-state index is 0.138. The third-order valence-electron chi connectivity index (χ3n) is 3.96. The average molecular weight is 347 g/mol. The van der Waals surface area contributed by atoms with Crippen LogP contribution in [0.1, 0.15) is 99.8 Å². The summed E-state index contributed by atoms with van der Waals surface area (Å²) in [6.07, 6.45) is 2.05. The molecule has 0 radical (unpaired) electrons. The summed E-state index contributed by atoms with van der Waals surface area (Å²) < 4.78 is 6.52. The summed E-state index contributed by atoms with van der Waals surface area (Å²) in [4.78, 5) is 0. The predicted molar refractivity (Wildman–Crippen MR) is 112 cm³/mol. The van der Waals surface area contributed by atoms with E-state index in [9.17, 15) is 0 Å². The van der Waals surface area contributed by atoms with Crippen molar-refractivity contribution in [3.05, 3.63) is 28.8 Å². The van der Waals surface area contributed by atoms with Crippen LogP contribution in [0.4, 0.5) is 0 Å². The molecule has 1 aromatic carbocycles. The Bertz CT molecular complexity index is 543. The quantitative estimate of drug-likeness (QED) is 0.556. The van der Waals surface area contributed by atoms with Crippen LogP contribution in [0.25, 0.3) is 0 Å². The Morgan fingerprint density at radius 2 is 1.00 bits per heavy atom. The molecular weight excluding hydrogens is 304 g/mol. The van der Waals surface area contributed by atoms with E-state index in [-0.39, 0.29) is 21.8 Å². The van der Waals surface area contributed by atoms with Crippen molar-refractivity contribution in [2.24, 2.45) is 10.8 Å². The lowest BCUT2D eigenvalue weighted by molar-refractivity contribution is 0.126. The lowest BCUT2D eigenvalue weighted by atomic mass is 9.78. The molecule has 0 aliphatic heterocycles. The van der Waals surface area contributed by atoms with E-state index in [1.54, 1.807) is 0 Å². The van der Waals surface area contributed by atoms with E-state index in [0.717, 1.165) is 18.6 Å². The van der Waals surface area contributed by atoms with Gasteiger partial charge >= 0.3 is 0 Å². The topological polar surface area (TPSA) is 9.23 Å². The zero-order valence-corrected chi connectivity index (χ0v) is 19.0. The van der Waals surface area contributed by atoms with Crippen LogP contribution in [0, 0.1) is 10.8 Å². The van der Waals surface area contributed by atoms with Gasteiger partial charge in [0.25, 0.3) is 0 Å². The second kappa shape index (κ2) is 6.97. The first-order valence-corrected chi connectivity index (χ1v) is 9.73. The minimum Gasteiger partial charge on any atom is -0.488 e. The minimum atomic E-state index is -0.192. The summed E-state index contributed by atoms with van der Waals surface area (Å²) in [6.45, 7) is 27.2. The maximum Gasteiger partial charge on any atom is 0.126 e. The Labute approximate surface area is 157 Å². The second-order valence-corrected chi connectivity index (χ2v) is 12.1. The Kier molecular flexibility index (Phi) is 6.15. The number of rotatable bonds is 3. The van der Waals surface area contributed by atoms with Crippen molar-refractivity contribution in [2.45, 2.75) is 107 Å². The van der Waals surface area contributed by atoms with Crippen molar-refractivity contribution in [1.82, 2.24) is 0 Å². The fourth-order valence-electron chi connectivity index (χ4n) is 3.03. The molecule has 0 aromatic heterocycles. The van der Waals surface area contributed by atoms with E-state index >= 15 is 0 Å². The smallest absolute Gasteiger partial charge is 0.126 e. The molecule has 0 fully saturated rings. The summed E-state index contributed by atoms with van der Waals surface area (Å²) >= 11 is 0. The van der Waals surface area contributed by atoms with Gasteiger partial charge in [0.1, 0.15) is 11.4 Å². The van der Waals surface area contributed by atoms with Crippen molar-refractivity contribution >= 4 is 0 Å². The van der Waals surface area contributed by atoms with Crippen LogP contribution >= 0.6 is 0 Å². The first-order valence-electron chi connectivity index (χ1n) is 9.73. The molecule has 0 unspecified atom stereocenters. The molecule has 0 spiro atoms. The van der Waals surface area contributed by atoms with E-state index in [4.69, 9.17) is 4.74 Å². The van der Waals surface area contributed by atoms with E-state index in [2.05, 4.69) is 95.2 Å². The van der Waals surface area contributed by atoms with Crippen molar-refractivity contribution in [1.29, 1.82) is 0 Å². The summed E-state index contributed by atoms with van der Waals surface area (Å²) in [6, 6.07) is 4.77. The lowest BCUT2D eigenvalue weighted by Gasteiger charge is -2.32. The van der Waals surface area contributed by atoms with Gasteiger partial charge < -0.3 is 4.74 Å². The zero-order valence-electron chi connectivity index (χ0n) is 19.0. The molecule has 1 heteroatoms. The number of ether oxygens (including phenoxy) is 1. The summed E-state index contributed by atoms with van der Waals surface area (Å²) in [5.41, 5.74) is 4.52. The molecule has 0 heterocycles. The van der Waals surface area contributed by atoms with Gasteiger partial charge in [0.2, 0.25) is 0 Å². The van der Waals surface area contributed by atoms with Gasteiger partial charge in [-0.1, -0.05) is 74.4 Å². The van der Waals surface area contributed by atoms with Gasteiger partial charge in [-0.2, -0.15) is 0 Å². The third-order valence-corrected chi connectivity index (χ3v) is 3.96. The summed E-state index contributed by atoms with van der Waals surface area (Å²) in [5.74, 6) is 1.12. The van der Waals surface area contributed by atoms with E-state index < -0.39 is 0 Å². The molecule has 0 bridgehead atoms. The standard InChI is InChI=1S/C24H42O/c1-21(2,3)15-17-13-19(23(7,8)9)14-18(16-22(4,5)6)20(17)25-24(10,11)12/h13-14H,15-16H2,1-12H3. The van der Waals surface area contributed by atoms with Gasteiger partial charge in [0, 0.05) is 0 Å². The first kappa shape index (κ1) is 22.1. The molecule has 0 amide bonds. The van der Waals surface area contributed by atoms with Crippen LogP contribution < -0.4 is 4.74 Å². The summed E-state index contributed by atoms with van der Waals surface area (Å²) in [7, 11) is 0. The largest absolute Gasteiger partial charge is 0.488 e. The molecule has 0 aliphatic rings. The van der Waals surface area contributed by atoms with Crippen molar-refractivity contribution in [3.8, 4) is 5.75 Å². The van der Waals surface area contributed by atoms with Crippen molar-refractivity contribution in [3.63, 3.8) is 0 Å². The number of benzene rings is 1. The van der Waals surface area contributed by atoms with E-state index in [1.165, 1.54) is 16.7 Å². The van der Waals surface area contributed by atoms with Crippen molar-refractivity contribution < 1.29 is 4.74 Å². The highest BCUT2D eigenvalue weighted by molar-refractivity contribution is 5.48. The Hall–Kier alpha value is -0.980. The monoisotopic (exact) mass is 346 g/mol. The maximum atomic E-state index is 6.52. The Balaban J connectivity index is 3.64. The van der Waals surface area contributed by atoms with Crippen LogP contribution in [0.5, 0.6) is 5.75 Å². The van der Waals surface area contributed by atoms with Crippen LogP contribution in [-0.4, -0.2) is 5.60 Å². The van der Waals surface area contributed by atoms with Crippen LogP contribution in [0.2, 0.25) is 0 Å². The molecule has 0 atom stereocenters. The molecule has 1 nitrogen and oxygen atoms in total. The molecule has 1 aromatic rings. The zero-order chi connectivity index (χ0) is 19.8. The van der Waals surface area contributed by atoms with E-state index in [0.29, 0.717) is 0 Å². The maximum absolute atomic E-state index is 6.52. The molecule has 25 heavy (non-hydrogen) atoms. The highest BCUT2D eigenvalue weighted by atomic mass is 16.5. The van der Waals surface area contributed by atoms with Crippen LogP contribution in [-0.2, 0) is 18.3 Å². The van der Waals surface area contributed by atoms with Gasteiger partial charge in [-0.15, -0.1) is 0 Å². The third kappa shape index (κ3) is 7.84. The molecule has 0 N–H and O–H groups in total.